The molecule has 0 aliphatic carbocycles. The van der Waals surface area contributed by atoms with Crippen LogP contribution >= 0.6 is 0 Å². The Morgan fingerprint density at radius 3 is 2.13 bits per heavy atom. The van der Waals surface area contributed by atoms with Gasteiger partial charge < -0.3 is 30.2 Å². The second kappa shape index (κ2) is 12.2. The minimum atomic E-state index is -0.665. The van der Waals surface area contributed by atoms with Crippen LogP contribution in [0.2, 0.25) is 0 Å². The van der Waals surface area contributed by atoms with E-state index in [9.17, 15) is 14.4 Å². The van der Waals surface area contributed by atoms with Gasteiger partial charge in [-0.25, -0.2) is 9.59 Å². The lowest BCUT2D eigenvalue weighted by Crippen LogP contribution is -2.54. The van der Waals surface area contributed by atoms with Crippen LogP contribution in [0.15, 0.2) is 59.8 Å². The Morgan fingerprint density at radius 2 is 1.59 bits per heavy atom. The number of urea groups is 1. The van der Waals surface area contributed by atoms with E-state index in [1.807, 2.05) is 36.4 Å². The molecule has 208 valence electrons. The lowest BCUT2D eigenvalue weighted by atomic mass is 9.80. The van der Waals surface area contributed by atoms with Gasteiger partial charge in [0.05, 0.1) is 38.0 Å². The smallest absolute Gasteiger partial charge is 0.338 e. The number of carbonyl (C=O) groups excluding carboxylic acids is 3. The summed E-state index contributed by atoms with van der Waals surface area (Å²) >= 11 is 0. The molecule has 10 heteroatoms. The molecule has 1 fully saturated rings. The first-order valence-electron chi connectivity index (χ1n) is 13.1. The summed E-state index contributed by atoms with van der Waals surface area (Å²) in [7, 11) is 3.20. The zero-order valence-electron chi connectivity index (χ0n) is 22.8. The Labute approximate surface area is 228 Å². The Morgan fingerprint density at radius 1 is 1.00 bits per heavy atom. The van der Waals surface area contributed by atoms with E-state index >= 15 is 0 Å². The molecule has 1 atom stereocenters. The Balaban J connectivity index is 1.59. The molecular weight excluding hydrogens is 500 g/mol. The second-order valence-electron chi connectivity index (χ2n) is 9.69. The molecule has 2 aliphatic rings. The average Bonchev–Trinajstić information content (AvgIpc) is 2.93. The van der Waals surface area contributed by atoms with Crippen molar-refractivity contribution in [1.82, 2.24) is 20.9 Å². The molecular formula is C29H36N4O6. The molecule has 3 amide bonds. The summed E-state index contributed by atoms with van der Waals surface area (Å²) in [5.74, 6) is 0.845. The van der Waals surface area contributed by atoms with Gasteiger partial charge in [-0.1, -0.05) is 24.3 Å². The molecule has 0 radical (unpaired) electrons. The third-order valence-corrected chi connectivity index (χ3v) is 7.25. The molecule has 4 rings (SSSR count). The van der Waals surface area contributed by atoms with Crippen molar-refractivity contribution in [1.29, 1.82) is 0 Å². The monoisotopic (exact) mass is 536 g/mol. The normalized spacial score (nSPS) is 19.0. The second-order valence-corrected chi connectivity index (χ2v) is 9.69. The molecule has 0 unspecified atom stereocenters. The van der Waals surface area contributed by atoms with Gasteiger partial charge in [-0.15, -0.1) is 0 Å². The lowest BCUT2D eigenvalue weighted by molar-refractivity contribution is -0.139. The molecule has 0 saturated carbocycles. The van der Waals surface area contributed by atoms with Crippen LogP contribution in [0.5, 0.6) is 11.5 Å². The molecule has 0 bridgehead atoms. The lowest BCUT2D eigenvalue weighted by Gasteiger charge is -2.43. The third-order valence-electron chi connectivity index (χ3n) is 7.25. The maximum Gasteiger partial charge on any atom is 0.338 e. The molecule has 2 aliphatic heterocycles. The van der Waals surface area contributed by atoms with Gasteiger partial charge in [0.2, 0.25) is 5.91 Å². The van der Waals surface area contributed by atoms with Gasteiger partial charge in [-0.2, -0.15) is 0 Å². The average molecular weight is 537 g/mol. The van der Waals surface area contributed by atoms with Crippen molar-refractivity contribution < 1.29 is 28.6 Å². The third kappa shape index (κ3) is 6.34. The fourth-order valence-electron chi connectivity index (χ4n) is 5.29. The first kappa shape index (κ1) is 28.0. The van der Waals surface area contributed by atoms with E-state index < -0.39 is 17.6 Å². The fraction of sp³-hybridized carbons (Fsp3) is 0.414. The quantitative estimate of drug-likeness (QED) is 0.422. The predicted molar refractivity (Wildman–Crippen MR) is 145 cm³/mol. The number of ether oxygens (including phenoxy) is 3. The Bertz CT molecular complexity index is 1220. The number of rotatable bonds is 9. The van der Waals surface area contributed by atoms with Crippen LogP contribution in [0.3, 0.4) is 0 Å². The van der Waals surface area contributed by atoms with Crippen LogP contribution in [0, 0.1) is 0 Å². The van der Waals surface area contributed by atoms with Crippen molar-refractivity contribution in [2.75, 3.05) is 40.5 Å². The highest BCUT2D eigenvalue weighted by Gasteiger charge is 2.39. The van der Waals surface area contributed by atoms with E-state index in [4.69, 9.17) is 14.2 Å². The van der Waals surface area contributed by atoms with Crippen molar-refractivity contribution in [3.8, 4) is 11.5 Å². The van der Waals surface area contributed by atoms with Gasteiger partial charge in [0.1, 0.15) is 11.5 Å². The van der Waals surface area contributed by atoms with Gasteiger partial charge in [0.15, 0.2) is 0 Å². The molecule has 2 aromatic rings. The summed E-state index contributed by atoms with van der Waals surface area (Å²) in [5.41, 5.74) is 2.12. The SMILES string of the molecule is CCOC(=O)C1=C(CN2CCC(NC(C)=O)(c3ccc(OC)cc3)CC2)NC(=O)N[C@H]1c1ccc(OC)cc1. The summed E-state index contributed by atoms with van der Waals surface area (Å²) in [4.78, 5) is 40.2. The van der Waals surface area contributed by atoms with Crippen LogP contribution in [-0.4, -0.2) is 63.3 Å². The van der Waals surface area contributed by atoms with Gasteiger partial charge in [0, 0.05) is 32.3 Å². The maximum absolute atomic E-state index is 13.2. The molecule has 0 aromatic heterocycles. The number of likely N-dealkylation sites (tertiary alicyclic amines) is 1. The molecule has 2 aromatic carbocycles. The van der Waals surface area contributed by atoms with Crippen molar-refractivity contribution in [3.63, 3.8) is 0 Å². The summed E-state index contributed by atoms with van der Waals surface area (Å²) in [6, 6.07) is 13.9. The number of carbonyl (C=O) groups is 3. The van der Waals surface area contributed by atoms with E-state index in [0.29, 0.717) is 49.5 Å². The highest BCUT2D eigenvalue weighted by Crippen LogP contribution is 2.35. The van der Waals surface area contributed by atoms with Gasteiger partial charge in [0.25, 0.3) is 0 Å². The van der Waals surface area contributed by atoms with E-state index in [2.05, 4.69) is 20.9 Å². The molecule has 0 spiro atoms. The summed E-state index contributed by atoms with van der Waals surface area (Å²) < 4.78 is 15.9. The molecule has 3 N–H and O–H groups in total. The minimum Gasteiger partial charge on any atom is -0.497 e. The number of hydrogen-bond acceptors (Lipinski definition) is 7. The van der Waals surface area contributed by atoms with Crippen LogP contribution < -0.4 is 25.4 Å². The number of methoxy groups -OCH3 is 2. The van der Waals surface area contributed by atoms with Gasteiger partial charge in [-0.05, 0) is 55.2 Å². The zero-order chi connectivity index (χ0) is 28.0. The van der Waals surface area contributed by atoms with Crippen molar-refractivity contribution >= 4 is 17.9 Å². The van der Waals surface area contributed by atoms with Crippen LogP contribution in [0.25, 0.3) is 0 Å². The fourth-order valence-corrected chi connectivity index (χ4v) is 5.29. The van der Waals surface area contributed by atoms with E-state index in [1.54, 1.807) is 33.3 Å². The zero-order valence-corrected chi connectivity index (χ0v) is 22.8. The van der Waals surface area contributed by atoms with E-state index in [0.717, 1.165) is 16.9 Å². The number of amides is 3. The highest BCUT2D eigenvalue weighted by atomic mass is 16.5. The minimum absolute atomic E-state index is 0.0977. The number of hydrogen-bond donors (Lipinski definition) is 3. The maximum atomic E-state index is 13.2. The highest BCUT2D eigenvalue weighted by molar-refractivity contribution is 5.95. The Hall–Kier alpha value is -4.05. The van der Waals surface area contributed by atoms with Crippen LogP contribution in [-0.2, 0) is 19.9 Å². The number of nitrogens with one attached hydrogen (secondary N) is 3. The first-order valence-corrected chi connectivity index (χ1v) is 13.1. The molecule has 1 saturated heterocycles. The molecule has 2 heterocycles. The van der Waals surface area contributed by atoms with Crippen molar-refractivity contribution in [2.45, 2.75) is 38.3 Å². The van der Waals surface area contributed by atoms with Gasteiger partial charge in [-0.3, -0.25) is 9.69 Å². The van der Waals surface area contributed by atoms with Crippen LogP contribution in [0.1, 0.15) is 43.9 Å². The van der Waals surface area contributed by atoms with E-state index in [1.165, 1.54) is 6.92 Å². The summed E-state index contributed by atoms with van der Waals surface area (Å²) in [6.07, 6.45) is 1.32. The first-order chi connectivity index (χ1) is 18.8. The topological polar surface area (TPSA) is 118 Å². The molecule has 10 nitrogen and oxygen atoms in total. The van der Waals surface area contributed by atoms with Gasteiger partial charge >= 0.3 is 12.0 Å². The molecule has 39 heavy (non-hydrogen) atoms. The summed E-state index contributed by atoms with van der Waals surface area (Å²) in [5, 5.41) is 8.90. The van der Waals surface area contributed by atoms with Crippen molar-refractivity contribution in [3.05, 3.63) is 70.9 Å². The number of nitrogens with zero attached hydrogens (tertiary/aromatic N) is 1. The number of piperidine rings is 1. The van der Waals surface area contributed by atoms with Crippen LogP contribution in [0.4, 0.5) is 4.79 Å². The number of esters is 1. The predicted octanol–water partition coefficient (Wildman–Crippen LogP) is 3.00. The standard InChI is InChI=1S/C29H36N4O6/c1-5-39-27(35)25-24(30-28(36)31-26(25)20-6-10-22(37-3)11-7-20)18-33-16-14-29(15-17-33,32-19(2)34)21-8-12-23(38-4)13-9-21/h6-13,26H,5,14-18H2,1-4H3,(H,32,34)(H2,30,31,36)/t26-/m0/s1. The largest absolute Gasteiger partial charge is 0.497 e. The number of benzene rings is 2. The Kier molecular flexibility index (Phi) is 8.75. The van der Waals surface area contributed by atoms with Crippen molar-refractivity contribution in [2.24, 2.45) is 0 Å². The van der Waals surface area contributed by atoms with E-state index in [-0.39, 0.29) is 18.5 Å². The summed E-state index contributed by atoms with van der Waals surface area (Å²) in [6.45, 7) is 5.13.